The molecule has 4 nitrogen and oxygen atoms in total. The molecular weight excluding hydrogens is 418 g/mol. The Labute approximate surface area is 173 Å². The lowest BCUT2D eigenvalue weighted by atomic mass is 10.2. The summed E-state index contributed by atoms with van der Waals surface area (Å²) in [5, 5.41) is 4.89. The van der Waals surface area contributed by atoms with Crippen LogP contribution in [0.4, 0.5) is 11.4 Å². The molecule has 0 fully saturated rings. The number of halogens is 4. The monoisotopic (exact) mass is 436 g/mol. The van der Waals surface area contributed by atoms with Gasteiger partial charge in [0.05, 0.1) is 26.7 Å². The minimum absolute atomic E-state index is 0.116. The summed E-state index contributed by atoms with van der Waals surface area (Å²) in [7, 11) is 0. The van der Waals surface area contributed by atoms with E-state index >= 15 is 0 Å². The second-order valence-corrected chi connectivity index (χ2v) is 7.36. The van der Waals surface area contributed by atoms with Gasteiger partial charge in [0.1, 0.15) is 6.54 Å². The lowest BCUT2D eigenvalue weighted by molar-refractivity contribution is -0.142. The summed E-state index contributed by atoms with van der Waals surface area (Å²) in [6.07, 6.45) is 0. The highest BCUT2D eigenvalue weighted by molar-refractivity contribution is 6.42. The Morgan fingerprint density at radius 3 is 2.08 bits per heavy atom. The van der Waals surface area contributed by atoms with Crippen LogP contribution in [0.25, 0.3) is 0 Å². The third-order valence-electron chi connectivity index (χ3n) is 2.88. The van der Waals surface area contributed by atoms with Crippen molar-refractivity contribution >= 4 is 63.7 Å². The lowest BCUT2D eigenvalue weighted by Gasteiger charge is -2.09. The van der Waals surface area contributed by atoms with Crippen LogP contribution in [0.15, 0.2) is 36.4 Å². The summed E-state index contributed by atoms with van der Waals surface area (Å²) < 4.78 is 5.02. The van der Waals surface area contributed by atoms with Gasteiger partial charge in [-0.15, -0.1) is 0 Å². The van der Waals surface area contributed by atoms with E-state index in [1.54, 1.807) is 36.4 Å². The fourth-order valence-corrected chi connectivity index (χ4v) is 2.21. The minimum Gasteiger partial charge on any atom is -0.464 e. The summed E-state index contributed by atoms with van der Waals surface area (Å²) >= 11 is 22.8. The maximum atomic E-state index is 11.3. The molecule has 0 spiro atoms. The van der Waals surface area contributed by atoms with Crippen molar-refractivity contribution in [3.8, 4) is 0 Å². The average Bonchev–Trinajstić information content (AvgIpc) is 2.58. The Hall–Kier alpha value is -1.33. The SMILES string of the molecule is CC(C)COC(=O)CNc1ccc(Cl)c(Cl)c1.Nc1ccc(Cl)c(Cl)c1. The normalized spacial score (nSPS) is 10.1. The van der Waals surface area contributed by atoms with Crippen molar-refractivity contribution in [3.05, 3.63) is 56.5 Å². The van der Waals surface area contributed by atoms with Gasteiger partial charge in [-0.2, -0.15) is 0 Å². The van der Waals surface area contributed by atoms with E-state index in [1.165, 1.54) is 0 Å². The van der Waals surface area contributed by atoms with E-state index in [9.17, 15) is 4.79 Å². The van der Waals surface area contributed by atoms with E-state index in [2.05, 4.69) is 5.32 Å². The first-order valence-electron chi connectivity index (χ1n) is 7.74. The second kappa shape index (κ2) is 11.4. The minimum atomic E-state index is -0.287. The van der Waals surface area contributed by atoms with Crippen molar-refractivity contribution in [2.75, 3.05) is 24.2 Å². The molecule has 2 rings (SSSR count). The van der Waals surface area contributed by atoms with Gasteiger partial charge in [0, 0.05) is 11.4 Å². The van der Waals surface area contributed by atoms with Gasteiger partial charge < -0.3 is 15.8 Å². The molecule has 0 amide bonds. The number of nitrogens with one attached hydrogen (secondary N) is 1. The molecular formula is C18H20Cl4N2O2. The van der Waals surface area contributed by atoms with Crippen molar-refractivity contribution in [1.82, 2.24) is 0 Å². The molecule has 0 aliphatic heterocycles. The number of nitrogen functional groups attached to an aromatic ring is 1. The van der Waals surface area contributed by atoms with Gasteiger partial charge in [0.25, 0.3) is 0 Å². The molecule has 0 radical (unpaired) electrons. The third kappa shape index (κ3) is 8.86. The summed E-state index contributed by atoms with van der Waals surface area (Å²) in [5.74, 6) is 0.0497. The molecule has 2 aromatic rings. The molecule has 0 saturated heterocycles. The number of carbonyl (C=O) groups excluding carboxylic acids is 1. The van der Waals surface area contributed by atoms with Crippen LogP contribution in [-0.2, 0) is 9.53 Å². The molecule has 26 heavy (non-hydrogen) atoms. The smallest absolute Gasteiger partial charge is 0.325 e. The van der Waals surface area contributed by atoms with Gasteiger partial charge in [0.15, 0.2) is 0 Å². The van der Waals surface area contributed by atoms with Crippen LogP contribution in [0.1, 0.15) is 13.8 Å². The molecule has 0 aliphatic rings. The molecule has 0 heterocycles. The summed E-state index contributed by atoms with van der Waals surface area (Å²) in [6.45, 7) is 4.52. The zero-order valence-electron chi connectivity index (χ0n) is 14.4. The van der Waals surface area contributed by atoms with Crippen molar-refractivity contribution in [1.29, 1.82) is 0 Å². The Bertz CT molecular complexity index is 739. The lowest BCUT2D eigenvalue weighted by Crippen LogP contribution is -2.19. The first-order valence-corrected chi connectivity index (χ1v) is 9.25. The predicted molar refractivity (Wildman–Crippen MR) is 112 cm³/mol. The van der Waals surface area contributed by atoms with Gasteiger partial charge in [-0.1, -0.05) is 60.3 Å². The van der Waals surface area contributed by atoms with Crippen LogP contribution < -0.4 is 11.1 Å². The highest BCUT2D eigenvalue weighted by Crippen LogP contribution is 2.25. The number of ether oxygens (including phenoxy) is 1. The zero-order valence-corrected chi connectivity index (χ0v) is 17.4. The number of rotatable bonds is 5. The molecule has 0 aromatic heterocycles. The highest BCUT2D eigenvalue weighted by Gasteiger charge is 2.05. The molecule has 0 aliphatic carbocycles. The van der Waals surface area contributed by atoms with E-state index in [0.29, 0.717) is 38.3 Å². The molecule has 0 unspecified atom stereocenters. The molecule has 0 saturated carbocycles. The second-order valence-electron chi connectivity index (χ2n) is 5.73. The Morgan fingerprint density at radius 1 is 1.00 bits per heavy atom. The van der Waals surface area contributed by atoms with Crippen LogP contribution in [0.5, 0.6) is 0 Å². The van der Waals surface area contributed by atoms with Gasteiger partial charge >= 0.3 is 5.97 Å². The molecule has 3 N–H and O–H groups in total. The van der Waals surface area contributed by atoms with E-state index in [0.717, 1.165) is 5.69 Å². The van der Waals surface area contributed by atoms with Crippen molar-refractivity contribution in [3.63, 3.8) is 0 Å². The van der Waals surface area contributed by atoms with E-state index < -0.39 is 0 Å². The summed E-state index contributed by atoms with van der Waals surface area (Å²) in [5.41, 5.74) is 6.75. The van der Waals surface area contributed by atoms with E-state index in [-0.39, 0.29) is 12.5 Å². The predicted octanol–water partition coefficient (Wildman–Crippen LogP) is 6.18. The van der Waals surface area contributed by atoms with Gasteiger partial charge in [-0.3, -0.25) is 4.79 Å². The summed E-state index contributed by atoms with van der Waals surface area (Å²) in [6, 6.07) is 10.1. The molecule has 2 aromatic carbocycles. The Kier molecular flexibility index (Phi) is 9.96. The Balaban J connectivity index is 0.000000314. The van der Waals surface area contributed by atoms with Gasteiger partial charge in [-0.25, -0.2) is 0 Å². The average molecular weight is 438 g/mol. The topological polar surface area (TPSA) is 64.3 Å². The molecule has 0 atom stereocenters. The van der Waals surface area contributed by atoms with Crippen molar-refractivity contribution in [2.24, 2.45) is 5.92 Å². The van der Waals surface area contributed by atoms with Crippen LogP contribution >= 0.6 is 46.4 Å². The third-order valence-corrected chi connectivity index (χ3v) is 4.36. The van der Waals surface area contributed by atoms with Gasteiger partial charge in [-0.05, 0) is 42.3 Å². The number of anilines is 2. The van der Waals surface area contributed by atoms with Crippen LogP contribution in [0.3, 0.4) is 0 Å². The number of hydrogen-bond donors (Lipinski definition) is 2. The molecule has 8 heteroatoms. The van der Waals surface area contributed by atoms with Crippen LogP contribution in [0.2, 0.25) is 20.1 Å². The van der Waals surface area contributed by atoms with Crippen LogP contribution in [0, 0.1) is 5.92 Å². The fourth-order valence-electron chi connectivity index (χ4n) is 1.60. The number of esters is 1. The van der Waals surface area contributed by atoms with Crippen molar-refractivity contribution in [2.45, 2.75) is 13.8 Å². The van der Waals surface area contributed by atoms with E-state index in [1.807, 2.05) is 13.8 Å². The fraction of sp³-hybridized carbons (Fsp3) is 0.278. The quantitative estimate of drug-likeness (QED) is 0.432. The molecule has 142 valence electrons. The van der Waals surface area contributed by atoms with Crippen LogP contribution in [-0.4, -0.2) is 19.1 Å². The summed E-state index contributed by atoms with van der Waals surface area (Å²) in [4.78, 5) is 11.3. The van der Waals surface area contributed by atoms with Gasteiger partial charge in [0.2, 0.25) is 0 Å². The first-order chi connectivity index (χ1) is 12.2. The highest BCUT2D eigenvalue weighted by atomic mass is 35.5. The maximum absolute atomic E-state index is 11.3. The maximum Gasteiger partial charge on any atom is 0.325 e. The zero-order chi connectivity index (χ0) is 19.7. The largest absolute Gasteiger partial charge is 0.464 e. The first kappa shape index (κ1) is 22.7. The van der Waals surface area contributed by atoms with E-state index in [4.69, 9.17) is 56.9 Å². The standard InChI is InChI=1S/C12H15Cl2NO2.C6H5Cl2N/c1-8(2)7-17-12(16)6-15-9-3-4-10(13)11(14)5-9;7-5-2-1-4(9)3-6(5)8/h3-5,8,15H,6-7H2,1-2H3;1-3H,9H2. The number of nitrogens with two attached hydrogens (primary N) is 1. The number of hydrogen-bond acceptors (Lipinski definition) is 4. The molecule has 0 bridgehead atoms. The number of benzene rings is 2. The van der Waals surface area contributed by atoms with Crippen molar-refractivity contribution < 1.29 is 9.53 Å². The Morgan fingerprint density at radius 2 is 1.58 bits per heavy atom. The number of carbonyl (C=O) groups is 1.